The molecular formula is C19H26N2. The summed E-state index contributed by atoms with van der Waals surface area (Å²) >= 11 is 0. The Kier molecular flexibility index (Phi) is 2.83. The summed E-state index contributed by atoms with van der Waals surface area (Å²) in [5, 5.41) is 0. The minimum Gasteiger partial charge on any atom is -0.371 e. The number of aryl methyl sites for hydroxylation is 1. The van der Waals surface area contributed by atoms with Crippen LogP contribution >= 0.6 is 0 Å². The molecule has 0 spiro atoms. The van der Waals surface area contributed by atoms with Gasteiger partial charge >= 0.3 is 0 Å². The summed E-state index contributed by atoms with van der Waals surface area (Å²) < 4.78 is 0. The van der Waals surface area contributed by atoms with E-state index < -0.39 is 0 Å². The summed E-state index contributed by atoms with van der Waals surface area (Å²) in [4.78, 5) is 5.50. The zero-order chi connectivity index (χ0) is 13.8. The van der Waals surface area contributed by atoms with Gasteiger partial charge in [0.25, 0.3) is 0 Å². The van der Waals surface area contributed by atoms with Crippen LogP contribution in [0.5, 0.6) is 0 Å². The summed E-state index contributed by atoms with van der Waals surface area (Å²) in [6, 6.07) is 7.11. The van der Waals surface area contributed by atoms with Gasteiger partial charge in [-0.1, -0.05) is 24.6 Å². The van der Waals surface area contributed by atoms with Crippen LogP contribution in [0, 0.1) is 11.8 Å². The number of rotatable bonds is 2. The van der Waals surface area contributed by atoms with Crippen molar-refractivity contribution in [2.24, 2.45) is 11.8 Å². The molecule has 2 fully saturated rings. The van der Waals surface area contributed by atoms with Crippen molar-refractivity contribution in [3.63, 3.8) is 0 Å². The summed E-state index contributed by atoms with van der Waals surface area (Å²) in [6.07, 6.45) is 7.09. The first-order valence-electron chi connectivity index (χ1n) is 8.97. The molecule has 4 aliphatic rings. The molecule has 112 valence electrons. The molecule has 1 aliphatic carbocycles. The molecule has 3 heterocycles. The van der Waals surface area contributed by atoms with Gasteiger partial charge in [-0.05, 0) is 48.6 Å². The van der Waals surface area contributed by atoms with Crippen molar-refractivity contribution in [3.8, 4) is 0 Å². The van der Waals surface area contributed by atoms with E-state index in [-0.39, 0.29) is 0 Å². The van der Waals surface area contributed by atoms with E-state index >= 15 is 0 Å². The lowest BCUT2D eigenvalue weighted by molar-refractivity contribution is 0.200. The lowest BCUT2D eigenvalue weighted by Crippen LogP contribution is -2.41. The minimum atomic E-state index is 0.814. The molecule has 2 heteroatoms. The van der Waals surface area contributed by atoms with Gasteiger partial charge in [0.1, 0.15) is 0 Å². The van der Waals surface area contributed by atoms with Gasteiger partial charge in [-0.25, -0.2) is 0 Å². The quantitative estimate of drug-likeness (QED) is 0.821. The summed E-state index contributed by atoms with van der Waals surface area (Å²) in [7, 11) is 0. The van der Waals surface area contributed by atoms with Gasteiger partial charge < -0.3 is 9.80 Å². The van der Waals surface area contributed by atoms with Crippen molar-refractivity contribution in [1.29, 1.82) is 0 Å². The van der Waals surface area contributed by atoms with Crippen LogP contribution < -0.4 is 4.90 Å². The first-order valence-corrected chi connectivity index (χ1v) is 8.97. The molecule has 3 aliphatic heterocycles. The molecule has 2 unspecified atom stereocenters. The van der Waals surface area contributed by atoms with Gasteiger partial charge in [-0.3, -0.25) is 0 Å². The average molecular weight is 282 g/mol. The fourth-order valence-corrected chi connectivity index (χ4v) is 5.22. The predicted octanol–water partition coefficient (Wildman–Crippen LogP) is 3.27. The highest BCUT2D eigenvalue weighted by Gasteiger charge is 2.41. The molecule has 0 bridgehead atoms. The maximum Gasteiger partial charge on any atom is 0.0434 e. The topological polar surface area (TPSA) is 6.48 Å². The van der Waals surface area contributed by atoms with Crippen molar-refractivity contribution < 1.29 is 0 Å². The van der Waals surface area contributed by atoms with Crippen LogP contribution in [0.1, 0.15) is 42.7 Å². The van der Waals surface area contributed by atoms with Crippen LogP contribution in [0.2, 0.25) is 0 Å². The predicted molar refractivity (Wildman–Crippen MR) is 87.0 cm³/mol. The van der Waals surface area contributed by atoms with Crippen LogP contribution in [0.25, 0.3) is 0 Å². The van der Waals surface area contributed by atoms with Crippen LogP contribution in [0.3, 0.4) is 0 Å². The van der Waals surface area contributed by atoms with E-state index in [4.69, 9.17) is 0 Å². The Labute approximate surface area is 128 Å². The Balaban J connectivity index is 1.44. The maximum atomic E-state index is 2.79. The molecule has 0 aromatic heterocycles. The van der Waals surface area contributed by atoms with Crippen molar-refractivity contribution >= 4 is 5.69 Å². The second kappa shape index (κ2) is 4.74. The van der Waals surface area contributed by atoms with Gasteiger partial charge in [0, 0.05) is 44.3 Å². The molecule has 2 nitrogen and oxygen atoms in total. The Hall–Kier alpha value is -1.02. The van der Waals surface area contributed by atoms with E-state index in [0.29, 0.717) is 0 Å². The molecule has 0 amide bonds. The van der Waals surface area contributed by atoms with Gasteiger partial charge in [0.05, 0.1) is 0 Å². The van der Waals surface area contributed by atoms with Gasteiger partial charge in [-0.15, -0.1) is 0 Å². The normalized spacial score (nSPS) is 31.7. The molecule has 1 aromatic rings. The minimum absolute atomic E-state index is 0.814. The van der Waals surface area contributed by atoms with Crippen molar-refractivity contribution in [2.75, 3.05) is 37.6 Å². The second-order valence-corrected chi connectivity index (χ2v) is 7.79. The van der Waals surface area contributed by atoms with Crippen LogP contribution in [-0.2, 0) is 6.42 Å². The van der Waals surface area contributed by atoms with Crippen LogP contribution in [-0.4, -0.2) is 37.6 Å². The zero-order valence-electron chi connectivity index (χ0n) is 12.9. The first kappa shape index (κ1) is 12.5. The van der Waals surface area contributed by atoms with E-state index in [1.807, 2.05) is 0 Å². The van der Waals surface area contributed by atoms with Crippen molar-refractivity contribution in [3.05, 3.63) is 29.3 Å². The molecule has 2 atom stereocenters. The Morgan fingerprint density at radius 3 is 2.86 bits per heavy atom. The summed E-state index contributed by atoms with van der Waals surface area (Å²) in [6.45, 7) is 6.65. The highest BCUT2D eigenvalue weighted by Crippen LogP contribution is 2.46. The van der Waals surface area contributed by atoms with E-state index in [0.717, 1.165) is 17.8 Å². The second-order valence-electron chi connectivity index (χ2n) is 7.79. The number of benzene rings is 1. The van der Waals surface area contributed by atoms with E-state index in [1.54, 1.807) is 16.8 Å². The average Bonchev–Trinajstić information content (AvgIpc) is 2.86. The molecule has 0 N–H and O–H groups in total. The van der Waals surface area contributed by atoms with Crippen LogP contribution in [0.4, 0.5) is 5.69 Å². The molecule has 1 aromatic carbocycles. The Morgan fingerprint density at radius 1 is 1.05 bits per heavy atom. The third-order valence-corrected chi connectivity index (χ3v) is 6.45. The number of nitrogens with zero attached hydrogens (tertiary/aromatic N) is 2. The fraction of sp³-hybridized carbons (Fsp3) is 0.684. The standard InChI is InChI=1S/C19H26N2/c1-4-14(5-1)10-20-11-16-12-21-9-3-7-15-6-2-8-17(19(15)21)18(16)13-20/h2,6,8,14,16,18H,1,3-5,7,9-13H2. The number of para-hydroxylation sites is 1. The summed E-state index contributed by atoms with van der Waals surface area (Å²) in [5.41, 5.74) is 4.93. The van der Waals surface area contributed by atoms with E-state index in [1.165, 1.54) is 64.8 Å². The first-order chi connectivity index (χ1) is 10.4. The lowest BCUT2D eigenvalue weighted by atomic mass is 9.80. The molecule has 21 heavy (non-hydrogen) atoms. The molecule has 0 radical (unpaired) electrons. The van der Waals surface area contributed by atoms with Crippen molar-refractivity contribution in [1.82, 2.24) is 4.90 Å². The smallest absolute Gasteiger partial charge is 0.0434 e. The number of hydrogen-bond donors (Lipinski definition) is 0. The van der Waals surface area contributed by atoms with E-state index in [2.05, 4.69) is 28.0 Å². The third-order valence-electron chi connectivity index (χ3n) is 6.45. The lowest BCUT2D eigenvalue weighted by Gasteiger charge is -2.41. The molecule has 5 rings (SSSR count). The SMILES string of the molecule is c1cc2c3c(c1)C1CN(CC4CCC4)CC1CN3CCC2. The monoisotopic (exact) mass is 282 g/mol. The van der Waals surface area contributed by atoms with Crippen molar-refractivity contribution in [2.45, 2.75) is 38.0 Å². The highest BCUT2D eigenvalue weighted by molar-refractivity contribution is 5.64. The van der Waals surface area contributed by atoms with Gasteiger partial charge in [-0.2, -0.15) is 0 Å². The third kappa shape index (κ3) is 1.95. The molecular weight excluding hydrogens is 256 g/mol. The Bertz CT molecular complexity index is 548. The Morgan fingerprint density at radius 2 is 2.00 bits per heavy atom. The fourth-order valence-electron chi connectivity index (χ4n) is 5.22. The maximum absolute atomic E-state index is 2.79. The number of fused-ring (bicyclic) bond motifs is 2. The highest BCUT2D eigenvalue weighted by atomic mass is 15.2. The van der Waals surface area contributed by atoms with Gasteiger partial charge in [0.2, 0.25) is 0 Å². The molecule has 1 saturated carbocycles. The summed E-state index contributed by atoms with van der Waals surface area (Å²) in [5.74, 6) is 2.71. The van der Waals surface area contributed by atoms with E-state index in [9.17, 15) is 0 Å². The number of hydrogen-bond acceptors (Lipinski definition) is 2. The zero-order valence-corrected chi connectivity index (χ0v) is 12.9. The number of anilines is 1. The van der Waals surface area contributed by atoms with Gasteiger partial charge in [0.15, 0.2) is 0 Å². The largest absolute Gasteiger partial charge is 0.371 e. The number of likely N-dealkylation sites (tertiary alicyclic amines) is 1. The van der Waals surface area contributed by atoms with Crippen LogP contribution in [0.15, 0.2) is 18.2 Å². The molecule has 1 saturated heterocycles.